The molecule has 1 heterocycles. The van der Waals surface area contributed by atoms with Crippen LogP contribution in [0.2, 0.25) is 5.02 Å². The van der Waals surface area contributed by atoms with Crippen LogP contribution in [-0.4, -0.2) is 28.8 Å². The van der Waals surface area contributed by atoms with Gasteiger partial charge in [-0.2, -0.15) is 5.10 Å². The van der Waals surface area contributed by atoms with Crippen molar-refractivity contribution in [1.29, 1.82) is 0 Å². The summed E-state index contributed by atoms with van der Waals surface area (Å²) in [7, 11) is 0. The van der Waals surface area contributed by atoms with Gasteiger partial charge < -0.3 is 9.84 Å². The van der Waals surface area contributed by atoms with Gasteiger partial charge in [0.25, 0.3) is 11.6 Å². The standard InChI is InChI=1S/C18H14ClN3O5S/c1-2-27-14-6-10(5-13(19)17(14)23)9-20-21-18(24)16-8-11-7-12(22(25)26)3-4-15(11)28-16/h3-9,23H,2H2,1H3,(H,21,24)/b20-9+. The summed E-state index contributed by atoms with van der Waals surface area (Å²) in [4.78, 5) is 23.0. The van der Waals surface area contributed by atoms with Crippen molar-refractivity contribution in [2.24, 2.45) is 5.10 Å². The minimum atomic E-state index is -0.486. The molecule has 1 aromatic heterocycles. The zero-order valence-corrected chi connectivity index (χ0v) is 16.1. The van der Waals surface area contributed by atoms with Gasteiger partial charge in [-0.1, -0.05) is 11.6 Å². The Morgan fingerprint density at radius 1 is 1.39 bits per heavy atom. The number of carbonyl (C=O) groups is 1. The van der Waals surface area contributed by atoms with Crippen molar-refractivity contribution in [3.8, 4) is 11.5 Å². The van der Waals surface area contributed by atoms with E-state index in [0.717, 1.165) is 4.70 Å². The average molecular weight is 420 g/mol. The van der Waals surface area contributed by atoms with Crippen LogP contribution < -0.4 is 10.2 Å². The molecule has 3 aromatic rings. The van der Waals surface area contributed by atoms with Crippen LogP contribution in [-0.2, 0) is 0 Å². The number of nitrogens with zero attached hydrogens (tertiary/aromatic N) is 2. The molecule has 0 aliphatic heterocycles. The first-order valence-electron chi connectivity index (χ1n) is 8.05. The minimum Gasteiger partial charge on any atom is -0.503 e. The molecule has 10 heteroatoms. The largest absolute Gasteiger partial charge is 0.503 e. The fourth-order valence-electron chi connectivity index (χ4n) is 2.41. The number of rotatable bonds is 6. The maximum absolute atomic E-state index is 12.3. The highest BCUT2D eigenvalue weighted by Crippen LogP contribution is 2.34. The number of hydrazone groups is 1. The number of phenols is 1. The molecule has 0 aliphatic rings. The van der Waals surface area contributed by atoms with E-state index in [4.69, 9.17) is 16.3 Å². The zero-order valence-electron chi connectivity index (χ0n) is 14.5. The number of hydrogen-bond donors (Lipinski definition) is 2. The lowest BCUT2D eigenvalue weighted by Crippen LogP contribution is -2.16. The highest BCUT2D eigenvalue weighted by atomic mass is 35.5. The number of nitro benzene ring substituents is 1. The summed E-state index contributed by atoms with van der Waals surface area (Å²) in [5.74, 6) is -0.395. The van der Waals surface area contributed by atoms with E-state index in [9.17, 15) is 20.0 Å². The Kier molecular flexibility index (Phi) is 5.76. The third-order valence-electron chi connectivity index (χ3n) is 3.66. The SMILES string of the molecule is CCOc1cc(/C=N/NC(=O)c2cc3cc([N+](=O)[O-])ccc3s2)cc(Cl)c1O. The Balaban J connectivity index is 1.75. The van der Waals surface area contributed by atoms with Gasteiger partial charge in [-0.15, -0.1) is 11.3 Å². The normalized spacial score (nSPS) is 11.1. The number of carbonyl (C=O) groups excluding carboxylic acids is 1. The number of nitro groups is 1. The van der Waals surface area contributed by atoms with Crippen LogP contribution >= 0.6 is 22.9 Å². The van der Waals surface area contributed by atoms with Gasteiger partial charge in [0.05, 0.1) is 27.6 Å². The summed E-state index contributed by atoms with van der Waals surface area (Å²) in [6.07, 6.45) is 1.36. The predicted octanol–water partition coefficient (Wildman–Crippen LogP) is 4.33. The second-order valence-electron chi connectivity index (χ2n) is 5.57. The smallest absolute Gasteiger partial charge is 0.281 e. The van der Waals surface area contributed by atoms with E-state index in [1.54, 1.807) is 25.1 Å². The van der Waals surface area contributed by atoms with Gasteiger partial charge >= 0.3 is 0 Å². The number of nitrogens with one attached hydrogen (secondary N) is 1. The molecule has 2 aromatic carbocycles. The Hall–Kier alpha value is -3.17. The fourth-order valence-corrected chi connectivity index (χ4v) is 3.56. The average Bonchev–Trinajstić information content (AvgIpc) is 3.09. The number of phenolic OH excluding ortho intramolecular Hbond substituents is 1. The number of aromatic hydroxyl groups is 1. The van der Waals surface area contributed by atoms with E-state index >= 15 is 0 Å². The monoisotopic (exact) mass is 419 g/mol. The molecule has 1 amide bonds. The van der Waals surface area contributed by atoms with Crippen molar-refractivity contribution in [1.82, 2.24) is 5.43 Å². The van der Waals surface area contributed by atoms with Gasteiger partial charge in [0.2, 0.25) is 0 Å². The summed E-state index contributed by atoms with van der Waals surface area (Å²) < 4.78 is 6.04. The molecule has 0 fully saturated rings. The highest BCUT2D eigenvalue weighted by Gasteiger charge is 2.13. The van der Waals surface area contributed by atoms with Gasteiger partial charge in [0.15, 0.2) is 11.5 Å². The topological polar surface area (TPSA) is 114 Å². The Bertz CT molecular complexity index is 1100. The van der Waals surface area contributed by atoms with Crippen LogP contribution in [0.15, 0.2) is 41.5 Å². The number of ether oxygens (including phenoxy) is 1. The molecule has 0 atom stereocenters. The van der Waals surface area contributed by atoms with E-state index in [1.807, 2.05) is 0 Å². The molecule has 8 nitrogen and oxygen atoms in total. The number of fused-ring (bicyclic) bond motifs is 1. The molecule has 0 unspecified atom stereocenters. The molecule has 2 N–H and O–H groups in total. The van der Waals surface area contributed by atoms with E-state index in [0.29, 0.717) is 22.4 Å². The second-order valence-corrected chi connectivity index (χ2v) is 7.06. The summed E-state index contributed by atoms with van der Waals surface area (Å²) >= 11 is 7.15. The summed E-state index contributed by atoms with van der Waals surface area (Å²) in [5.41, 5.74) is 2.88. The Morgan fingerprint density at radius 2 is 2.18 bits per heavy atom. The third kappa shape index (κ3) is 4.21. The number of non-ortho nitro benzene ring substituents is 1. The van der Waals surface area contributed by atoms with Crippen molar-refractivity contribution in [3.05, 3.63) is 62.0 Å². The van der Waals surface area contributed by atoms with Crippen LogP contribution in [0.4, 0.5) is 5.69 Å². The molecule has 0 aliphatic carbocycles. The molecule has 3 rings (SSSR count). The van der Waals surface area contributed by atoms with E-state index in [2.05, 4.69) is 10.5 Å². The quantitative estimate of drug-likeness (QED) is 0.350. The van der Waals surface area contributed by atoms with Crippen molar-refractivity contribution in [2.45, 2.75) is 6.92 Å². The number of amides is 1. The molecule has 0 bridgehead atoms. The van der Waals surface area contributed by atoms with Crippen molar-refractivity contribution in [3.63, 3.8) is 0 Å². The van der Waals surface area contributed by atoms with Crippen molar-refractivity contribution < 1.29 is 19.6 Å². The van der Waals surface area contributed by atoms with E-state index in [-0.39, 0.29) is 22.2 Å². The number of thiophene rings is 1. The summed E-state index contributed by atoms with van der Waals surface area (Å²) in [6.45, 7) is 2.12. The van der Waals surface area contributed by atoms with Gasteiger partial charge in [0.1, 0.15) is 0 Å². The van der Waals surface area contributed by atoms with Crippen LogP contribution in [0.1, 0.15) is 22.2 Å². The van der Waals surface area contributed by atoms with Gasteiger partial charge in [0, 0.05) is 22.2 Å². The van der Waals surface area contributed by atoms with E-state index in [1.165, 1.54) is 35.8 Å². The number of benzene rings is 2. The molecule has 28 heavy (non-hydrogen) atoms. The maximum atomic E-state index is 12.3. The summed E-state index contributed by atoms with van der Waals surface area (Å²) in [5, 5.41) is 25.3. The Morgan fingerprint density at radius 3 is 2.89 bits per heavy atom. The summed E-state index contributed by atoms with van der Waals surface area (Å²) in [6, 6.07) is 9.00. The second kappa shape index (κ2) is 8.24. The van der Waals surface area contributed by atoms with Crippen LogP contribution in [0, 0.1) is 10.1 Å². The van der Waals surface area contributed by atoms with Crippen molar-refractivity contribution in [2.75, 3.05) is 6.61 Å². The number of hydrogen-bond acceptors (Lipinski definition) is 7. The lowest BCUT2D eigenvalue weighted by molar-refractivity contribution is -0.384. The first-order valence-corrected chi connectivity index (χ1v) is 9.25. The molecule has 144 valence electrons. The van der Waals surface area contributed by atoms with Crippen LogP contribution in [0.5, 0.6) is 11.5 Å². The van der Waals surface area contributed by atoms with Crippen molar-refractivity contribution >= 4 is 50.8 Å². The zero-order chi connectivity index (χ0) is 20.3. The predicted molar refractivity (Wildman–Crippen MR) is 108 cm³/mol. The maximum Gasteiger partial charge on any atom is 0.281 e. The first-order chi connectivity index (χ1) is 13.4. The highest BCUT2D eigenvalue weighted by molar-refractivity contribution is 7.20. The molecular weight excluding hydrogens is 406 g/mol. The molecular formula is C18H14ClN3O5S. The van der Waals surface area contributed by atoms with Crippen LogP contribution in [0.25, 0.3) is 10.1 Å². The number of halogens is 1. The van der Waals surface area contributed by atoms with Gasteiger partial charge in [-0.25, -0.2) is 5.43 Å². The molecule has 0 saturated heterocycles. The van der Waals surface area contributed by atoms with E-state index < -0.39 is 10.8 Å². The molecule has 0 radical (unpaired) electrons. The van der Waals surface area contributed by atoms with Crippen LogP contribution in [0.3, 0.4) is 0 Å². The van der Waals surface area contributed by atoms with Gasteiger partial charge in [-0.05, 0) is 36.8 Å². The third-order valence-corrected chi connectivity index (χ3v) is 5.07. The lowest BCUT2D eigenvalue weighted by atomic mass is 10.2. The minimum absolute atomic E-state index is 0.0374. The lowest BCUT2D eigenvalue weighted by Gasteiger charge is -2.08. The fraction of sp³-hybridized carbons (Fsp3) is 0.111. The molecule has 0 spiro atoms. The molecule has 0 saturated carbocycles. The first kappa shape index (κ1) is 19.6. The van der Waals surface area contributed by atoms with Gasteiger partial charge in [-0.3, -0.25) is 14.9 Å². The Labute approximate surface area is 168 Å².